The highest BCUT2D eigenvalue weighted by atomic mass is 16.5. The van der Waals surface area contributed by atoms with Crippen LogP contribution >= 0.6 is 0 Å². The molecule has 122 valence electrons. The summed E-state index contributed by atoms with van der Waals surface area (Å²) in [5, 5.41) is 21.0. The van der Waals surface area contributed by atoms with E-state index in [1.165, 1.54) is 11.1 Å². The Balaban J connectivity index is 1.55. The first-order valence-corrected chi connectivity index (χ1v) is 8.90. The molecule has 0 amide bonds. The Morgan fingerprint density at radius 1 is 1.26 bits per heavy atom. The smallest absolute Gasteiger partial charge is 0.131 e. The van der Waals surface area contributed by atoms with Gasteiger partial charge < -0.3 is 14.9 Å². The standard InChI is InChI=1S/C20H24O3/c1-19-7-6-15-14-5-3-13(21)10-12(14)2-4-16(15)17(19)11-18-20(19,22)8-9-23-18/h3,5,8-10,15-18,21-22H,2,4,6-7,11H2,1H3/t15-,16-,17+,18+,19+,20-/m1/s1. The minimum absolute atomic E-state index is 0.0579. The summed E-state index contributed by atoms with van der Waals surface area (Å²) < 4.78 is 5.74. The number of hydrogen-bond acceptors (Lipinski definition) is 3. The van der Waals surface area contributed by atoms with Crippen molar-refractivity contribution < 1.29 is 14.9 Å². The quantitative estimate of drug-likeness (QED) is 0.771. The van der Waals surface area contributed by atoms with Gasteiger partial charge in [-0.2, -0.15) is 0 Å². The van der Waals surface area contributed by atoms with Crippen LogP contribution in [0, 0.1) is 17.3 Å². The van der Waals surface area contributed by atoms with Gasteiger partial charge in [0, 0.05) is 5.41 Å². The molecule has 23 heavy (non-hydrogen) atoms. The van der Waals surface area contributed by atoms with E-state index in [4.69, 9.17) is 4.74 Å². The van der Waals surface area contributed by atoms with E-state index in [1.54, 1.807) is 6.26 Å². The minimum atomic E-state index is -0.780. The molecule has 5 rings (SSSR count). The first-order valence-electron chi connectivity index (χ1n) is 8.90. The highest BCUT2D eigenvalue weighted by molar-refractivity contribution is 5.41. The summed E-state index contributed by atoms with van der Waals surface area (Å²) in [6.45, 7) is 2.28. The second-order valence-corrected chi connectivity index (χ2v) is 8.24. The van der Waals surface area contributed by atoms with Gasteiger partial charge in [-0.1, -0.05) is 13.0 Å². The first kappa shape index (κ1) is 13.9. The van der Waals surface area contributed by atoms with Crippen molar-refractivity contribution in [1.82, 2.24) is 0 Å². The molecule has 1 aliphatic heterocycles. The van der Waals surface area contributed by atoms with Gasteiger partial charge >= 0.3 is 0 Å². The van der Waals surface area contributed by atoms with E-state index in [2.05, 4.69) is 13.0 Å². The van der Waals surface area contributed by atoms with Crippen LogP contribution in [0.3, 0.4) is 0 Å². The lowest BCUT2D eigenvalue weighted by Crippen LogP contribution is -2.51. The van der Waals surface area contributed by atoms with Gasteiger partial charge in [0.2, 0.25) is 0 Å². The van der Waals surface area contributed by atoms with E-state index >= 15 is 0 Å². The molecule has 6 atom stereocenters. The summed E-state index contributed by atoms with van der Waals surface area (Å²) in [5.74, 6) is 2.09. The van der Waals surface area contributed by atoms with Crippen LogP contribution in [0.25, 0.3) is 0 Å². The van der Waals surface area contributed by atoms with Crippen LogP contribution in [0.5, 0.6) is 5.75 Å². The molecule has 1 heterocycles. The van der Waals surface area contributed by atoms with Gasteiger partial charge in [0.1, 0.15) is 17.5 Å². The topological polar surface area (TPSA) is 49.7 Å². The van der Waals surface area contributed by atoms with Crippen molar-refractivity contribution in [3.05, 3.63) is 41.7 Å². The zero-order valence-electron chi connectivity index (χ0n) is 13.5. The first-order chi connectivity index (χ1) is 11.0. The third-order valence-electron chi connectivity index (χ3n) is 7.54. The number of aryl methyl sites for hydroxylation is 1. The largest absolute Gasteiger partial charge is 0.508 e. The average molecular weight is 312 g/mol. The van der Waals surface area contributed by atoms with Gasteiger partial charge in [0.05, 0.1) is 6.26 Å². The number of rotatable bonds is 0. The van der Waals surface area contributed by atoms with Crippen LogP contribution in [0.2, 0.25) is 0 Å². The molecule has 0 radical (unpaired) electrons. The van der Waals surface area contributed by atoms with Crippen LogP contribution in [0.4, 0.5) is 0 Å². The van der Waals surface area contributed by atoms with Crippen LogP contribution in [0.1, 0.15) is 49.7 Å². The van der Waals surface area contributed by atoms with Gasteiger partial charge in [-0.05, 0) is 79.2 Å². The van der Waals surface area contributed by atoms with Gasteiger partial charge in [-0.15, -0.1) is 0 Å². The van der Waals surface area contributed by atoms with E-state index < -0.39 is 5.60 Å². The molecular weight excluding hydrogens is 288 g/mol. The monoisotopic (exact) mass is 312 g/mol. The molecule has 3 nitrogen and oxygen atoms in total. The lowest BCUT2D eigenvalue weighted by Gasteiger charge is -2.52. The zero-order valence-corrected chi connectivity index (χ0v) is 13.5. The Morgan fingerprint density at radius 2 is 2.13 bits per heavy atom. The maximum atomic E-state index is 11.3. The van der Waals surface area contributed by atoms with Gasteiger partial charge in [-0.3, -0.25) is 0 Å². The fourth-order valence-electron chi connectivity index (χ4n) is 6.29. The van der Waals surface area contributed by atoms with Gasteiger partial charge in [0.15, 0.2) is 0 Å². The van der Waals surface area contributed by atoms with E-state index in [0.717, 1.165) is 32.1 Å². The summed E-state index contributed by atoms with van der Waals surface area (Å²) in [5.41, 5.74) is 1.91. The molecule has 0 saturated heterocycles. The molecule has 2 fully saturated rings. The average Bonchev–Trinajstić information content (AvgIpc) is 3.00. The SMILES string of the molecule is C[C@]12CC[C@@H]3c4ccc(O)cc4CC[C@H]3[C@@H]1C[C@@H]1OC=C[C@@]12O. The van der Waals surface area contributed by atoms with Crippen molar-refractivity contribution in [3.8, 4) is 5.75 Å². The van der Waals surface area contributed by atoms with E-state index in [-0.39, 0.29) is 11.5 Å². The van der Waals surface area contributed by atoms with E-state index in [0.29, 0.717) is 23.5 Å². The van der Waals surface area contributed by atoms with E-state index in [1.807, 2.05) is 18.2 Å². The number of phenols is 1. The van der Waals surface area contributed by atoms with Crippen LogP contribution in [-0.4, -0.2) is 21.9 Å². The molecule has 4 aliphatic rings. The highest BCUT2D eigenvalue weighted by Crippen LogP contribution is 2.66. The lowest BCUT2D eigenvalue weighted by atomic mass is 9.53. The zero-order chi connectivity index (χ0) is 15.8. The van der Waals surface area contributed by atoms with Crippen molar-refractivity contribution in [3.63, 3.8) is 0 Å². The number of aromatic hydroxyl groups is 1. The molecule has 0 bridgehead atoms. The predicted octanol–water partition coefficient (Wildman–Crippen LogP) is 3.50. The Labute approximate surface area is 137 Å². The van der Waals surface area contributed by atoms with Crippen molar-refractivity contribution in [2.75, 3.05) is 0 Å². The van der Waals surface area contributed by atoms with Crippen molar-refractivity contribution >= 4 is 0 Å². The van der Waals surface area contributed by atoms with Crippen LogP contribution in [0.15, 0.2) is 30.5 Å². The molecule has 2 saturated carbocycles. The fourth-order valence-corrected chi connectivity index (χ4v) is 6.29. The number of fused-ring (bicyclic) bond motifs is 7. The summed E-state index contributed by atoms with van der Waals surface area (Å²) in [6.07, 6.45) is 8.89. The maximum Gasteiger partial charge on any atom is 0.131 e. The Morgan fingerprint density at radius 3 is 3.00 bits per heavy atom. The number of aliphatic hydroxyl groups is 1. The van der Waals surface area contributed by atoms with Crippen molar-refractivity contribution in [2.45, 2.75) is 56.7 Å². The molecule has 0 spiro atoms. The maximum absolute atomic E-state index is 11.3. The molecule has 1 aromatic rings. The molecule has 1 aromatic carbocycles. The third kappa shape index (κ3) is 1.59. The second kappa shape index (κ2) is 4.32. The summed E-state index contributed by atoms with van der Waals surface area (Å²) in [6, 6.07) is 5.91. The number of phenolic OH excluding ortho intramolecular Hbond substituents is 1. The Bertz CT molecular complexity index is 696. The molecule has 3 aliphatic carbocycles. The summed E-state index contributed by atoms with van der Waals surface area (Å²) >= 11 is 0. The van der Waals surface area contributed by atoms with Gasteiger partial charge in [0.25, 0.3) is 0 Å². The van der Waals surface area contributed by atoms with E-state index in [9.17, 15) is 10.2 Å². The highest BCUT2D eigenvalue weighted by Gasteiger charge is 2.67. The van der Waals surface area contributed by atoms with Crippen LogP contribution in [-0.2, 0) is 11.2 Å². The molecule has 0 aromatic heterocycles. The van der Waals surface area contributed by atoms with Gasteiger partial charge in [-0.25, -0.2) is 0 Å². The normalized spacial score (nSPS) is 46.5. The van der Waals surface area contributed by atoms with Crippen LogP contribution < -0.4 is 0 Å². The molecule has 0 unspecified atom stereocenters. The minimum Gasteiger partial charge on any atom is -0.508 e. The number of benzene rings is 1. The Hall–Kier alpha value is -1.48. The van der Waals surface area contributed by atoms with Crippen molar-refractivity contribution in [1.29, 1.82) is 0 Å². The fraction of sp³-hybridized carbons (Fsp3) is 0.600. The molecular formula is C20H24O3. The Kier molecular flexibility index (Phi) is 2.62. The summed E-state index contributed by atoms with van der Waals surface area (Å²) in [4.78, 5) is 0. The second-order valence-electron chi connectivity index (χ2n) is 8.24. The third-order valence-corrected chi connectivity index (χ3v) is 7.54. The number of ether oxygens (including phenoxy) is 1. The summed E-state index contributed by atoms with van der Waals surface area (Å²) in [7, 11) is 0. The predicted molar refractivity (Wildman–Crippen MR) is 87.1 cm³/mol. The lowest BCUT2D eigenvalue weighted by molar-refractivity contribution is -0.0948. The van der Waals surface area contributed by atoms with Crippen molar-refractivity contribution in [2.24, 2.45) is 17.3 Å². The number of hydrogen-bond donors (Lipinski definition) is 2. The molecule has 2 N–H and O–H groups in total. The molecule has 3 heteroatoms.